The second-order valence-electron chi connectivity index (χ2n) is 5.16. The maximum absolute atomic E-state index is 12.6. The van der Waals surface area contributed by atoms with Crippen LogP contribution >= 0.6 is 11.8 Å². The first-order valence-electron chi connectivity index (χ1n) is 6.94. The Morgan fingerprint density at radius 2 is 2.00 bits per heavy atom. The lowest BCUT2D eigenvalue weighted by atomic mass is 9.99. The molecule has 3 N–H and O–H groups in total. The molecule has 2 rings (SSSR count). The molecule has 0 amide bonds. The summed E-state index contributed by atoms with van der Waals surface area (Å²) >= 11 is 1.44. The van der Waals surface area contributed by atoms with Crippen molar-refractivity contribution in [3.8, 4) is 0 Å². The number of rotatable bonds is 6. The van der Waals surface area contributed by atoms with Crippen molar-refractivity contribution in [1.29, 1.82) is 0 Å². The summed E-state index contributed by atoms with van der Waals surface area (Å²) in [7, 11) is -3.50. The number of nitrogens with two attached hydrogens (primary N) is 1. The van der Waals surface area contributed by atoms with Crippen LogP contribution in [0.5, 0.6) is 0 Å². The average Bonchev–Trinajstić information content (AvgIpc) is 2.98. The largest absolute Gasteiger partial charge is 0.329 e. The normalized spacial score (nSPS) is 18.3. The summed E-state index contributed by atoms with van der Waals surface area (Å²) in [5, 5.41) is 0. The Hall–Kier alpha value is -0.560. The van der Waals surface area contributed by atoms with Gasteiger partial charge >= 0.3 is 0 Å². The van der Waals surface area contributed by atoms with Gasteiger partial charge in [-0.3, -0.25) is 0 Å². The molecule has 1 atom stereocenters. The number of nitrogens with one attached hydrogen (secondary N) is 1. The van der Waals surface area contributed by atoms with E-state index in [-0.39, 0.29) is 6.04 Å². The molecule has 0 aromatic heterocycles. The van der Waals surface area contributed by atoms with Crippen molar-refractivity contribution >= 4 is 21.8 Å². The summed E-state index contributed by atoms with van der Waals surface area (Å²) in [6.07, 6.45) is 6.35. The van der Waals surface area contributed by atoms with Crippen molar-refractivity contribution in [2.45, 2.75) is 41.5 Å². The molecule has 0 heterocycles. The van der Waals surface area contributed by atoms with E-state index in [4.69, 9.17) is 5.73 Å². The molecule has 1 aliphatic rings. The molecule has 1 aromatic rings. The van der Waals surface area contributed by atoms with Crippen molar-refractivity contribution in [3.63, 3.8) is 0 Å². The molecule has 1 aromatic carbocycles. The highest BCUT2D eigenvalue weighted by Crippen LogP contribution is 2.29. The molecule has 0 radical (unpaired) electrons. The van der Waals surface area contributed by atoms with E-state index in [1.807, 2.05) is 18.4 Å². The Balaban J connectivity index is 2.21. The van der Waals surface area contributed by atoms with Gasteiger partial charge in [0.2, 0.25) is 10.0 Å². The lowest BCUT2D eigenvalue weighted by molar-refractivity contribution is 0.405. The summed E-state index contributed by atoms with van der Waals surface area (Å²) in [4.78, 5) is 1.12. The molecule has 1 aliphatic carbocycles. The number of sulfonamides is 1. The minimum Gasteiger partial charge on any atom is -0.329 e. The van der Waals surface area contributed by atoms with E-state index in [1.165, 1.54) is 24.6 Å². The van der Waals surface area contributed by atoms with Crippen LogP contribution < -0.4 is 10.5 Å². The predicted molar refractivity (Wildman–Crippen MR) is 83.3 cm³/mol. The van der Waals surface area contributed by atoms with E-state index < -0.39 is 10.0 Å². The quantitative estimate of drug-likeness (QED) is 0.790. The van der Waals surface area contributed by atoms with E-state index in [0.29, 0.717) is 17.4 Å². The number of thioether (sulfide) groups is 1. The van der Waals surface area contributed by atoms with Crippen molar-refractivity contribution < 1.29 is 8.42 Å². The maximum Gasteiger partial charge on any atom is 0.241 e. The molecule has 20 heavy (non-hydrogen) atoms. The minimum absolute atomic E-state index is 0.155. The van der Waals surface area contributed by atoms with Crippen molar-refractivity contribution in [1.82, 2.24) is 4.72 Å². The van der Waals surface area contributed by atoms with E-state index in [1.54, 1.807) is 12.1 Å². The number of benzene rings is 1. The third-order valence-electron chi connectivity index (χ3n) is 3.89. The molecule has 0 bridgehead atoms. The van der Waals surface area contributed by atoms with Crippen LogP contribution in [0.25, 0.3) is 0 Å². The molecule has 6 heteroatoms. The minimum atomic E-state index is -3.50. The van der Waals surface area contributed by atoms with Crippen LogP contribution in [0.4, 0.5) is 0 Å². The van der Waals surface area contributed by atoms with E-state index in [9.17, 15) is 8.42 Å². The number of hydrogen-bond acceptors (Lipinski definition) is 4. The van der Waals surface area contributed by atoms with Crippen molar-refractivity contribution in [3.05, 3.63) is 24.3 Å². The molecular weight excluding hydrogens is 292 g/mol. The van der Waals surface area contributed by atoms with Crippen LogP contribution in [0.3, 0.4) is 0 Å². The summed E-state index contributed by atoms with van der Waals surface area (Å²) in [5.74, 6) is 0.371. The Kier molecular flexibility index (Phi) is 5.49. The molecule has 1 unspecified atom stereocenters. The zero-order chi connectivity index (χ0) is 14.6. The average molecular weight is 314 g/mol. The third-order valence-corrected chi connectivity index (χ3v) is 6.36. The van der Waals surface area contributed by atoms with E-state index in [2.05, 4.69) is 4.72 Å². The standard InChI is InChI=1S/C14H22N2O2S2/c1-19-13-8-4-5-9-14(13)20(17,18)16-12(10-15)11-6-2-3-7-11/h4-5,8-9,11-12,16H,2-3,6-7,10,15H2,1H3. The smallest absolute Gasteiger partial charge is 0.241 e. The van der Waals surface area contributed by atoms with E-state index in [0.717, 1.165) is 17.7 Å². The fourth-order valence-corrected chi connectivity index (χ4v) is 5.27. The first kappa shape index (κ1) is 15.8. The molecular formula is C14H22N2O2S2. The van der Waals surface area contributed by atoms with Gasteiger partial charge in [-0.05, 0) is 37.1 Å². The second kappa shape index (κ2) is 6.93. The molecule has 0 aliphatic heterocycles. The van der Waals surface area contributed by atoms with Crippen LogP contribution in [0.15, 0.2) is 34.1 Å². The summed E-state index contributed by atoms with van der Waals surface area (Å²) in [6, 6.07) is 6.92. The van der Waals surface area contributed by atoms with Gasteiger partial charge in [0.05, 0.1) is 4.90 Å². The Morgan fingerprint density at radius 1 is 1.35 bits per heavy atom. The zero-order valence-corrected chi connectivity index (χ0v) is 13.3. The lowest BCUT2D eigenvalue weighted by Crippen LogP contribution is -2.44. The highest BCUT2D eigenvalue weighted by atomic mass is 32.2. The monoisotopic (exact) mass is 314 g/mol. The molecule has 112 valence electrons. The molecule has 4 nitrogen and oxygen atoms in total. The van der Waals surface area contributed by atoms with Gasteiger partial charge in [0.25, 0.3) is 0 Å². The van der Waals surface area contributed by atoms with Crippen LogP contribution in [-0.2, 0) is 10.0 Å². The van der Waals surface area contributed by atoms with Gasteiger partial charge in [-0.15, -0.1) is 11.8 Å². The van der Waals surface area contributed by atoms with Gasteiger partial charge < -0.3 is 5.73 Å². The van der Waals surface area contributed by atoms with Crippen LogP contribution in [0, 0.1) is 5.92 Å². The van der Waals surface area contributed by atoms with Crippen molar-refractivity contribution in [2.24, 2.45) is 11.7 Å². The fraction of sp³-hybridized carbons (Fsp3) is 0.571. The van der Waals surface area contributed by atoms with Gasteiger partial charge in [-0.2, -0.15) is 0 Å². The molecule has 1 saturated carbocycles. The highest BCUT2D eigenvalue weighted by molar-refractivity contribution is 7.99. The summed E-state index contributed by atoms with van der Waals surface area (Å²) in [6.45, 7) is 0.353. The highest BCUT2D eigenvalue weighted by Gasteiger charge is 2.29. The van der Waals surface area contributed by atoms with Crippen LogP contribution in [0.1, 0.15) is 25.7 Å². The zero-order valence-electron chi connectivity index (χ0n) is 11.7. The van der Waals surface area contributed by atoms with Gasteiger partial charge in [0.15, 0.2) is 0 Å². The van der Waals surface area contributed by atoms with Crippen LogP contribution in [0.2, 0.25) is 0 Å². The first-order chi connectivity index (χ1) is 9.58. The Morgan fingerprint density at radius 3 is 2.60 bits per heavy atom. The summed E-state index contributed by atoms with van der Waals surface area (Å²) in [5.41, 5.74) is 5.78. The molecule has 1 fully saturated rings. The third kappa shape index (κ3) is 3.55. The van der Waals surface area contributed by atoms with Gasteiger partial charge in [-0.1, -0.05) is 25.0 Å². The molecule has 0 saturated heterocycles. The second-order valence-corrected chi connectivity index (χ2v) is 7.69. The van der Waals surface area contributed by atoms with Crippen LogP contribution in [-0.4, -0.2) is 27.3 Å². The predicted octanol–water partition coefficient (Wildman–Crippen LogP) is 2.20. The van der Waals surface area contributed by atoms with E-state index >= 15 is 0 Å². The maximum atomic E-state index is 12.6. The molecule has 0 spiro atoms. The van der Waals surface area contributed by atoms with Crippen molar-refractivity contribution in [2.75, 3.05) is 12.8 Å². The lowest BCUT2D eigenvalue weighted by Gasteiger charge is -2.23. The Labute approximate surface area is 125 Å². The van der Waals surface area contributed by atoms with Gasteiger partial charge in [0.1, 0.15) is 0 Å². The fourth-order valence-electron chi connectivity index (χ4n) is 2.80. The first-order valence-corrected chi connectivity index (χ1v) is 9.64. The summed E-state index contributed by atoms with van der Waals surface area (Å²) < 4.78 is 27.9. The Bertz CT molecular complexity index is 540. The SMILES string of the molecule is CSc1ccccc1S(=O)(=O)NC(CN)C1CCCC1. The topological polar surface area (TPSA) is 72.2 Å². The number of hydrogen-bond donors (Lipinski definition) is 2. The van der Waals surface area contributed by atoms with Gasteiger partial charge in [0, 0.05) is 17.5 Å². The van der Waals surface area contributed by atoms with Gasteiger partial charge in [-0.25, -0.2) is 13.1 Å².